The summed E-state index contributed by atoms with van der Waals surface area (Å²) >= 11 is 5.83. The maximum atomic E-state index is 13.0. The van der Waals surface area contributed by atoms with E-state index in [2.05, 4.69) is 0 Å². The van der Waals surface area contributed by atoms with Gasteiger partial charge in [0.05, 0.1) is 11.5 Å². The zero-order valence-corrected chi connectivity index (χ0v) is 14.7. The molecule has 1 atom stereocenters. The van der Waals surface area contributed by atoms with Crippen LogP contribution < -0.4 is 0 Å². The first-order valence-electron chi connectivity index (χ1n) is 7.04. The monoisotopic (exact) mass is 333 g/mol. The number of benzene rings is 1. The van der Waals surface area contributed by atoms with Gasteiger partial charge in [-0.1, -0.05) is 19.1 Å². The molecule has 0 aliphatic rings. The molecule has 0 heterocycles. The molecule has 0 aliphatic carbocycles. The summed E-state index contributed by atoms with van der Waals surface area (Å²) in [5, 5.41) is 0. The van der Waals surface area contributed by atoms with E-state index in [1.807, 2.05) is 19.9 Å². The lowest BCUT2D eigenvalue weighted by molar-refractivity contribution is 0.167. The Morgan fingerprint density at radius 1 is 1.38 bits per heavy atom. The Morgan fingerprint density at radius 2 is 2.05 bits per heavy atom. The van der Waals surface area contributed by atoms with Crippen LogP contribution in [-0.4, -0.2) is 39.0 Å². The third-order valence-corrected chi connectivity index (χ3v) is 6.06. The van der Waals surface area contributed by atoms with E-state index < -0.39 is 10.0 Å². The van der Waals surface area contributed by atoms with Gasteiger partial charge in [0.15, 0.2) is 0 Å². The van der Waals surface area contributed by atoms with Crippen molar-refractivity contribution in [2.45, 2.75) is 44.0 Å². The normalized spacial score (nSPS) is 13.6. The summed E-state index contributed by atoms with van der Waals surface area (Å²) in [6, 6.07) is 5.24. The lowest BCUT2D eigenvalue weighted by Gasteiger charge is -2.28. The van der Waals surface area contributed by atoms with Crippen LogP contribution in [0.2, 0.25) is 0 Å². The molecule has 0 radical (unpaired) electrons. The maximum Gasteiger partial charge on any atom is 0.243 e. The van der Waals surface area contributed by atoms with E-state index in [0.717, 1.165) is 17.5 Å². The number of rotatable bonds is 8. The second-order valence-electron chi connectivity index (χ2n) is 5.10. The summed E-state index contributed by atoms with van der Waals surface area (Å²) in [5.41, 5.74) is 1.53. The average molecular weight is 334 g/mol. The molecule has 0 spiro atoms. The van der Waals surface area contributed by atoms with Crippen LogP contribution in [0.15, 0.2) is 23.1 Å². The van der Waals surface area contributed by atoms with Gasteiger partial charge >= 0.3 is 0 Å². The van der Waals surface area contributed by atoms with E-state index in [1.165, 1.54) is 4.31 Å². The topological polar surface area (TPSA) is 46.6 Å². The molecule has 0 saturated heterocycles. The number of aryl methyl sites for hydroxylation is 1. The summed E-state index contributed by atoms with van der Waals surface area (Å²) in [6.45, 7) is 6.40. The fraction of sp³-hybridized carbons (Fsp3) is 0.600. The van der Waals surface area contributed by atoms with Gasteiger partial charge in [0.25, 0.3) is 0 Å². The summed E-state index contributed by atoms with van der Waals surface area (Å²) in [7, 11) is -1.98. The highest BCUT2D eigenvalue weighted by Gasteiger charge is 2.29. The number of halogens is 1. The van der Waals surface area contributed by atoms with Gasteiger partial charge in [0, 0.05) is 25.6 Å². The maximum absolute atomic E-state index is 13.0. The van der Waals surface area contributed by atoms with Crippen molar-refractivity contribution in [1.82, 2.24) is 4.31 Å². The zero-order chi connectivity index (χ0) is 16.0. The van der Waals surface area contributed by atoms with Crippen molar-refractivity contribution in [3.05, 3.63) is 29.3 Å². The molecule has 4 nitrogen and oxygen atoms in total. The van der Waals surface area contributed by atoms with Crippen LogP contribution in [0.1, 0.15) is 31.4 Å². The number of alkyl halides is 1. The average Bonchev–Trinajstić information content (AvgIpc) is 2.47. The minimum Gasteiger partial charge on any atom is -0.383 e. The van der Waals surface area contributed by atoms with Crippen molar-refractivity contribution < 1.29 is 13.2 Å². The lowest BCUT2D eigenvalue weighted by Crippen LogP contribution is -2.40. The van der Waals surface area contributed by atoms with Crippen molar-refractivity contribution in [2.75, 3.05) is 20.3 Å². The van der Waals surface area contributed by atoms with Gasteiger partial charge < -0.3 is 4.74 Å². The SMILES string of the molecule is CCC(C)N(CCOC)S(=O)(=O)c1cc(CCl)ccc1C. The molecule has 0 aromatic heterocycles. The van der Waals surface area contributed by atoms with E-state index in [1.54, 1.807) is 26.2 Å². The predicted octanol–water partition coefficient (Wildman–Crippen LogP) is 3.17. The number of ether oxygens (including phenoxy) is 1. The Morgan fingerprint density at radius 3 is 2.57 bits per heavy atom. The largest absolute Gasteiger partial charge is 0.383 e. The van der Waals surface area contributed by atoms with Crippen LogP contribution >= 0.6 is 11.6 Å². The Kier molecular flexibility index (Phi) is 7.13. The summed E-state index contributed by atoms with van der Waals surface area (Å²) in [4.78, 5) is 0.331. The zero-order valence-electron chi connectivity index (χ0n) is 13.1. The fourth-order valence-electron chi connectivity index (χ4n) is 2.09. The Bertz CT molecular complexity index is 560. The molecule has 1 aromatic rings. The Balaban J connectivity index is 3.27. The van der Waals surface area contributed by atoms with Crippen molar-refractivity contribution in [3.8, 4) is 0 Å². The van der Waals surface area contributed by atoms with Gasteiger partial charge in [0.1, 0.15) is 0 Å². The molecule has 0 aliphatic heterocycles. The van der Waals surface area contributed by atoms with Crippen LogP contribution in [0, 0.1) is 6.92 Å². The number of methoxy groups -OCH3 is 1. The first-order chi connectivity index (χ1) is 9.88. The van der Waals surface area contributed by atoms with Crippen molar-refractivity contribution in [2.24, 2.45) is 0 Å². The summed E-state index contributed by atoms with van der Waals surface area (Å²) in [5.74, 6) is 0.296. The minimum absolute atomic E-state index is 0.0794. The van der Waals surface area contributed by atoms with Gasteiger partial charge in [-0.2, -0.15) is 4.31 Å². The molecule has 0 saturated carbocycles. The number of nitrogens with zero attached hydrogens (tertiary/aromatic N) is 1. The Hall–Kier alpha value is -0.620. The molecule has 120 valence electrons. The summed E-state index contributed by atoms with van der Waals surface area (Å²) in [6.07, 6.45) is 0.747. The highest BCUT2D eigenvalue weighted by Crippen LogP contribution is 2.24. The third-order valence-electron chi connectivity index (χ3n) is 3.59. The minimum atomic E-state index is -3.55. The van der Waals surface area contributed by atoms with Gasteiger partial charge in [0.2, 0.25) is 10.0 Å². The van der Waals surface area contributed by atoms with Gasteiger partial charge in [-0.15, -0.1) is 11.6 Å². The van der Waals surface area contributed by atoms with Gasteiger partial charge in [-0.3, -0.25) is 0 Å². The van der Waals surface area contributed by atoms with Crippen molar-refractivity contribution in [1.29, 1.82) is 0 Å². The molecule has 0 fully saturated rings. The molecule has 1 rings (SSSR count). The molecule has 1 aromatic carbocycles. The van der Waals surface area contributed by atoms with Crippen molar-refractivity contribution >= 4 is 21.6 Å². The van der Waals surface area contributed by atoms with Crippen LogP contribution in [0.4, 0.5) is 0 Å². The van der Waals surface area contributed by atoms with E-state index >= 15 is 0 Å². The Labute approximate surface area is 133 Å². The molecule has 1 unspecified atom stereocenters. The molecule has 6 heteroatoms. The molecule has 0 amide bonds. The highest BCUT2D eigenvalue weighted by atomic mass is 35.5. The quantitative estimate of drug-likeness (QED) is 0.686. The first-order valence-corrected chi connectivity index (χ1v) is 9.02. The number of hydrogen-bond donors (Lipinski definition) is 0. The van der Waals surface area contributed by atoms with E-state index in [4.69, 9.17) is 16.3 Å². The fourth-order valence-corrected chi connectivity index (χ4v) is 4.23. The first kappa shape index (κ1) is 18.4. The van der Waals surface area contributed by atoms with Gasteiger partial charge in [-0.25, -0.2) is 8.42 Å². The van der Waals surface area contributed by atoms with Crippen LogP contribution in [0.25, 0.3) is 0 Å². The van der Waals surface area contributed by atoms with Crippen LogP contribution in [0.3, 0.4) is 0 Å². The van der Waals surface area contributed by atoms with Crippen LogP contribution in [0.5, 0.6) is 0 Å². The molecule has 0 N–H and O–H groups in total. The third kappa shape index (κ3) is 4.42. The molecule has 0 bridgehead atoms. The molecular weight excluding hydrogens is 310 g/mol. The van der Waals surface area contributed by atoms with Crippen LogP contribution in [-0.2, 0) is 20.6 Å². The summed E-state index contributed by atoms with van der Waals surface area (Å²) < 4.78 is 32.5. The smallest absolute Gasteiger partial charge is 0.243 e. The van der Waals surface area contributed by atoms with Gasteiger partial charge in [-0.05, 0) is 37.5 Å². The predicted molar refractivity (Wildman–Crippen MR) is 86.3 cm³/mol. The van der Waals surface area contributed by atoms with Crippen molar-refractivity contribution in [3.63, 3.8) is 0 Å². The van der Waals surface area contributed by atoms with E-state index in [9.17, 15) is 8.42 Å². The number of hydrogen-bond acceptors (Lipinski definition) is 3. The second kappa shape index (κ2) is 8.13. The van der Waals surface area contributed by atoms with E-state index in [-0.39, 0.29) is 6.04 Å². The van der Waals surface area contributed by atoms with E-state index in [0.29, 0.717) is 23.9 Å². The number of sulfonamides is 1. The standard InChI is InChI=1S/C15H24ClNO3S/c1-5-13(3)17(8-9-20-4)21(18,19)15-10-14(11-16)7-6-12(15)2/h6-7,10,13H,5,8-9,11H2,1-4H3. The molecular formula is C15H24ClNO3S. The second-order valence-corrected chi connectivity index (χ2v) is 7.23. The molecule has 21 heavy (non-hydrogen) atoms. The highest BCUT2D eigenvalue weighted by molar-refractivity contribution is 7.89. The lowest BCUT2D eigenvalue weighted by atomic mass is 10.2.